The van der Waals surface area contributed by atoms with E-state index in [0.717, 1.165) is 17.6 Å². The molecule has 0 unspecified atom stereocenters. The number of aromatic nitrogens is 4. The van der Waals surface area contributed by atoms with Gasteiger partial charge in [0, 0.05) is 25.3 Å². The van der Waals surface area contributed by atoms with E-state index in [2.05, 4.69) is 20.7 Å². The summed E-state index contributed by atoms with van der Waals surface area (Å²) in [7, 11) is 0. The van der Waals surface area contributed by atoms with Gasteiger partial charge in [0.2, 0.25) is 17.6 Å². The quantitative estimate of drug-likeness (QED) is 0.321. The van der Waals surface area contributed by atoms with Gasteiger partial charge in [-0.05, 0) is 60.9 Å². The first-order chi connectivity index (χ1) is 19.4. The standard InChI is InChI=1S/C28H28F2N6O4/c1-18-8-13-24(40-18)27-32-34-36(33-27)17-25(37)35(16-20-5-2-3-7-23(20)30)26(19-9-11-21(29)12-10-19)28(38)31-15-22-6-4-14-39-22/h2-3,5,7-13,22,26H,4,6,14-17H2,1H3,(H,31,38)/t22-,26+/m1/s1. The Labute approximate surface area is 228 Å². The first-order valence-corrected chi connectivity index (χ1v) is 12.9. The molecule has 10 nitrogen and oxygen atoms in total. The maximum atomic E-state index is 14.8. The molecule has 0 bridgehead atoms. The number of halogens is 2. The van der Waals surface area contributed by atoms with Gasteiger partial charge in [-0.25, -0.2) is 8.78 Å². The maximum absolute atomic E-state index is 14.8. The zero-order valence-electron chi connectivity index (χ0n) is 21.8. The second-order valence-electron chi connectivity index (χ2n) is 9.50. The van der Waals surface area contributed by atoms with Gasteiger partial charge in [-0.15, -0.1) is 10.2 Å². The molecule has 0 aliphatic carbocycles. The number of aryl methyl sites for hydroxylation is 1. The lowest BCUT2D eigenvalue weighted by atomic mass is 10.0. The fourth-order valence-electron chi connectivity index (χ4n) is 4.54. The highest BCUT2D eigenvalue weighted by Crippen LogP contribution is 2.26. The molecule has 0 saturated carbocycles. The van der Waals surface area contributed by atoms with Crippen molar-refractivity contribution in [2.24, 2.45) is 0 Å². The SMILES string of the molecule is Cc1ccc(-c2nnn(CC(=O)N(Cc3ccccc3F)[C@H](C(=O)NC[C@H]3CCCO3)c3ccc(F)cc3)n2)o1. The van der Waals surface area contributed by atoms with Gasteiger partial charge in [0.1, 0.15) is 30.0 Å². The molecule has 2 aromatic carbocycles. The predicted molar refractivity (Wildman–Crippen MR) is 138 cm³/mol. The van der Waals surface area contributed by atoms with Gasteiger partial charge in [-0.3, -0.25) is 9.59 Å². The lowest BCUT2D eigenvalue weighted by Crippen LogP contribution is -2.46. The number of amides is 2. The molecular weight excluding hydrogens is 522 g/mol. The van der Waals surface area contributed by atoms with E-state index in [0.29, 0.717) is 23.7 Å². The molecule has 1 N–H and O–H groups in total. The number of hydrogen-bond acceptors (Lipinski definition) is 7. The van der Waals surface area contributed by atoms with Crippen molar-refractivity contribution in [2.45, 2.75) is 45.0 Å². The molecule has 1 fully saturated rings. The largest absolute Gasteiger partial charge is 0.458 e. The molecule has 0 radical (unpaired) electrons. The van der Waals surface area contributed by atoms with E-state index < -0.39 is 36.0 Å². The molecule has 12 heteroatoms. The molecule has 1 aliphatic rings. The molecule has 1 saturated heterocycles. The van der Waals surface area contributed by atoms with Gasteiger partial charge in [-0.2, -0.15) is 4.80 Å². The molecule has 2 aromatic heterocycles. The van der Waals surface area contributed by atoms with Crippen LogP contribution >= 0.6 is 0 Å². The molecule has 5 rings (SSSR count). The highest BCUT2D eigenvalue weighted by molar-refractivity contribution is 5.88. The van der Waals surface area contributed by atoms with Crippen LogP contribution in [0.3, 0.4) is 0 Å². The number of ether oxygens (including phenoxy) is 1. The Bertz CT molecular complexity index is 1470. The molecule has 208 valence electrons. The van der Waals surface area contributed by atoms with E-state index in [4.69, 9.17) is 9.15 Å². The Balaban J connectivity index is 1.46. The van der Waals surface area contributed by atoms with E-state index in [1.807, 2.05) is 0 Å². The van der Waals surface area contributed by atoms with Gasteiger partial charge in [0.15, 0.2) is 5.76 Å². The summed E-state index contributed by atoms with van der Waals surface area (Å²) in [4.78, 5) is 29.7. The van der Waals surface area contributed by atoms with Gasteiger partial charge < -0.3 is 19.4 Å². The van der Waals surface area contributed by atoms with Gasteiger partial charge in [0.05, 0.1) is 6.10 Å². The number of nitrogens with zero attached hydrogens (tertiary/aromatic N) is 5. The predicted octanol–water partition coefficient (Wildman–Crippen LogP) is 3.59. The van der Waals surface area contributed by atoms with E-state index in [1.165, 1.54) is 47.4 Å². The van der Waals surface area contributed by atoms with Gasteiger partial charge >= 0.3 is 0 Å². The van der Waals surface area contributed by atoms with Crippen LogP contribution in [0.25, 0.3) is 11.6 Å². The van der Waals surface area contributed by atoms with Crippen LogP contribution in [0, 0.1) is 18.6 Å². The summed E-state index contributed by atoms with van der Waals surface area (Å²) >= 11 is 0. The van der Waals surface area contributed by atoms with Crippen molar-refractivity contribution in [3.05, 3.63) is 89.2 Å². The molecule has 2 amide bonds. The Morgan fingerprint density at radius 1 is 1.12 bits per heavy atom. The topological polar surface area (TPSA) is 115 Å². The molecule has 2 atom stereocenters. The normalized spacial score (nSPS) is 15.6. The van der Waals surface area contributed by atoms with Crippen molar-refractivity contribution < 1.29 is 27.5 Å². The van der Waals surface area contributed by atoms with Crippen LogP contribution in [-0.2, 0) is 27.4 Å². The van der Waals surface area contributed by atoms with Crippen LogP contribution in [-0.4, -0.2) is 56.2 Å². The zero-order valence-corrected chi connectivity index (χ0v) is 21.8. The number of tetrazole rings is 1. The van der Waals surface area contributed by atoms with Gasteiger partial charge in [0.25, 0.3) is 0 Å². The third kappa shape index (κ3) is 6.40. The van der Waals surface area contributed by atoms with Crippen molar-refractivity contribution in [3.63, 3.8) is 0 Å². The Morgan fingerprint density at radius 2 is 1.93 bits per heavy atom. The summed E-state index contributed by atoms with van der Waals surface area (Å²) in [6.45, 7) is 2.01. The Morgan fingerprint density at radius 3 is 2.62 bits per heavy atom. The summed E-state index contributed by atoms with van der Waals surface area (Å²) in [6.07, 6.45) is 1.55. The van der Waals surface area contributed by atoms with Crippen LogP contribution in [0.1, 0.15) is 35.8 Å². The average Bonchev–Trinajstić information content (AvgIpc) is 3.72. The third-order valence-corrected chi connectivity index (χ3v) is 6.58. The summed E-state index contributed by atoms with van der Waals surface area (Å²) in [5, 5.41) is 15.0. The van der Waals surface area contributed by atoms with Crippen molar-refractivity contribution in [1.82, 2.24) is 30.4 Å². The number of carbonyl (C=O) groups is 2. The number of benzene rings is 2. The van der Waals surface area contributed by atoms with E-state index in [-0.39, 0.29) is 30.6 Å². The van der Waals surface area contributed by atoms with Crippen molar-refractivity contribution in [3.8, 4) is 11.6 Å². The molecule has 0 spiro atoms. The number of furan rings is 1. The molecule has 4 aromatic rings. The van der Waals surface area contributed by atoms with Gasteiger partial charge in [-0.1, -0.05) is 30.3 Å². The van der Waals surface area contributed by atoms with Crippen molar-refractivity contribution in [2.75, 3.05) is 13.2 Å². The van der Waals surface area contributed by atoms with Crippen molar-refractivity contribution in [1.29, 1.82) is 0 Å². The Hall–Kier alpha value is -4.45. The fourth-order valence-corrected chi connectivity index (χ4v) is 4.54. The lowest BCUT2D eigenvalue weighted by Gasteiger charge is -2.32. The first kappa shape index (κ1) is 27.1. The minimum absolute atomic E-state index is 0.142. The lowest BCUT2D eigenvalue weighted by molar-refractivity contribution is -0.142. The third-order valence-electron chi connectivity index (χ3n) is 6.58. The highest BCUT2D eigenvalue weighted by Gasteiger charge is 2.33. The second-order valence-corrected chi connectivity index (χ2v) is 9.50. The van der Waals surface area contributed by atoms with Crippen LogP contribution in [0.5, 0.6) is 0 Å². The summed E-state index contributed by atoms with van der Waals surface area (Å²) in [6, 6.07) is 13.5. The van der Waals surface area contributed by atoms with Crippen molar-refractivity contribution >= 4 is 11.8 Å². The Kier molecular flexibility index (Phi) is 8.25. The molecule has 3 heterocycles. The average molecular weight is 551 g/mol. The van der Waals surface area contributed by atoms with E-state index in [9.17, 15) is 18.4 Å². The first-order valence-electron chi connectivity index (χ1n) is 12.9. The number of rotatable bonds is 10. The fraction of sp³-hybridized carbons (Fsp3) is 0.321. The summed E-state index contributed by atoms with van der Waals surface area (Å²) < 4.78 is 39.7. The molecule has 40 heavy (non-hydrogen) atoms. The van der Waals surface area contributed by atoms with Crippen LogP contribution < -0.4 is 5.32 Å². The molecular formula is C28H28F2N6O4. The van der Waals surface area contributed by atoms with E-state index >= 15 is 0 Å². The minimum atomic E-state index is -1.20. The van der Waals surface area contributed by atoms with E-state index in [1.54, 1.807) is 25.1 Å². The zero-order chi connectivity index (χ0) is 28.1. The highest BCUT2D eigenvalue weighted by atomic mass is 19.1. The number of nitrogens with one attached hydrogen (secondary N) is 1. The summed E-state index contributed by atoms with van der Waals surface area (Å²) in [5.74, 6) is -0.888. The number of hydrogen-bond donors (Lipinski definition) is 1. The minimum Gasteiger partial charge on any atom is -0.458 e. The smallest absolute Gasteiger partial charge is 0.247 e. The maximum Gasteiger partial charge on any atom is 0.247 e. The summed E-state index contributed by atoms with van der Waals surface area (Å²) in [5.41, 5.74) is 0.558. The van der Waals surface area contributed by atoms with Crippen LogP contribution in [0.4, 0.5) is 8.78 Å². The monoisotopic (exact) mass is 550 g/mol. The second kappa shape index (κ2) is 12.2. The molecule has 1 aliphatic heterocycles. The van der Waals surface area contributed by atoms with Crippen LogP contribution in [0.2, 0.25) is 0 Å². The van der Waals surface area contributed by atoms with Crippen LogP contribution in [0.15, 0.2) is 65.1 Å². The number of carbonyl (C=O) groups excluding carboxylic acids is 2.